The molecule has 2 atom stereocenters. The molecular formula is C18H9Cl5O2. The van der Waals surface area contributed by atoms with Crippen molar-refractivity contribution in [1.82, 2.24) is 0 Å². The summed E-state index contributed by atoms with van der Waals surface area (Å²) >= 11 is 31.2. The Labute approximate surface area is 168 Å². The van der Waals surface area contributed by atoms with Crippen molar-refractivity contribution in [2.75, 3.05) is 0 Å². The molecule has 0 fully saturated rings. The predicted molar refractivity (Wildman–Crippen MR) is 103 cm³/mol. The van der Waals surface area contributed by atoms with E-state index in [1.807, 2.05) is 36.4 Å². The Balaban J connectivity index is 2.06. The lowest BCUT2D eigenvalue weighted by molar-refractivity contribution is -0.132. The van der Waals surface area contributed by atoms with Gasteiger partial charge in [0, 0.05) is 11.1 Å². The van der Waals surface area contributed by atoms with Crippen molar-refractivity contribution in [1.29, 1.82) is 0 Å². The highest BCUT2D eigenvalue weighted by Gasteiger charge is 2.34. The van der Waals surface area contributed by atoms with Crippen LogP contribution in [0.25, 0.3) is 10.8 Å². The summed E-state index contributed by atoms with van der Waals surface area (Å²) < 4.78 is 5.83. The maximum absolute atomic E-state index is 10.5. The van der Waals surface area contributed by atoms with Gasteiger partial charge in [-0.2, -0.15) is 0 Å². The fraction of sp³-hybridized carbons (Fsp3) is 0.111. The Morgan fingerprint density at radius 2 is 1.24 bits per heavy atom. The van der Waals surface area contributed by atoms with Gasteiger partial charge in [-0.05, 0) is 16.3 Å². The molecule has 0 saturated carbocycles. The van der Waals surface area contributed by atoms with Gasteiger partial charge in [-0.15, -0.1) is 0 Å². The van der Waals surface area contributed by atoms with E-state index >= 15 is 0 Å². The third kappa shape index (κ3) is 2.64. The van der Waals surface area contributed by atoms with E-state index in [1.165, 1.54) is 0 Å². The molecular weight excluding hydrogens is 425 g/mol. The average molecular weight is 435 g/mol. The maximum Gasteiger partial charge on any atom is 0.182 e. The lowest BCUT2D eigenvalue weighted by Gasteiger charge is -2.31. The van der Waals surface area contributed by atoms with E-state index in [0.29, 0.717) is 11.1 Å². The molecule has 2 nitrogen and oxygen atoms in total. The second-order valence-electron chi connectivity index (χ2n) is 5.64. The monoisotopic (exact) mass is 432 g/mol. The quantitative estimate of drug-likeness (QED) is 0.324. The molecule has 128 valence electrons. The summed E-state index contributed by atoms with van der Waals surface area (Å²) in [6.45, 7) is 0. The largest absolute Gasteiger partial charge is 0.364 e. The van der Waals surface area contributed by atoms with Crippen LogP contribution in [0.2, 0.25) is 25.1 Å². The first-order chi connectivity index (χ1) is 11.9. The first-order valence-corrected chi connectivity index (χ1v) is 9.17. The van der Waals surface area contributed by atoms with Crippen molar-refractivity contribution in [3.63, 3.8) is 0 Å². The summed E-state index contributed by atoms with van der Waals surface area (Å²) in [5.41, 5.74) is 1.88. The minimum absolute atomic E-state index is 0.0806. The molecule has 0 aliphatic carbocycles. The molecule has 1 N–H and O–H groups in total. The molecule has 0 unspecified atom stereocenters. The minimum Gasteiger partial charge on any atom is -0.364 e. The highest BCUT2D eigenvalue weighted by Crippen LogP contribution is 2.51. The number of halogens is 5. The second-order valence-corrected chi connectivity index (χ2v) is 7.53. The zero-order chi connectivity index (χ0) is 17.9. The van der Waals surface area contributed by atoms with Gasteiger partial charge in [0.05, 0.1) is 25.1 Å². The molecule has 25 heavy (non-hydrogen) atoms. The van der Waals surface area contributed by atoms with Crippen LogP contribution in [-0.2, 0) is 4.74 Å². The fourth-order valence-corrected chi connectivity index (χ4v) is 4.53. The number of aliphatic hydroxyl groups is 1. The lowest BCUT2D eigenvalue weighted by atomic mass is 9.90. The number of aliphatic hydroxyl groups excluding tert-OH is 1. The van der Waals surface area contributed by atoms with Crippen molar-refractivity contribution in [2.24, 2.45) is 0 Å². The number of rotatable bonds is 1. The average Bonchev–Trinajstić information content (AvgIpc) is 2.62. The Kier molecular flexibility index (Phi) is 4.58. The molecule has 1 aliphatic heterocycles. The van der Waals surface area contributed by atoms with Crippen LogP contribution < -0.4 is 0 Å². The molecule has 3 aromatic rings. The van der Waals surface area contributed by atoms with Crippen LogP contribution in [-0.4, -0.2) is 5.11 Å². The number of benzene rings is 3. The van der Waals surface area contributed by atoms with Crippen LogP contribution in [0.5, 0.6) is 0 Å². The molecule has 0 saturated heterocycles. The predicted octanol–water partition coefficient (Wildman–Crippen LogP) is 7.22. The zero-order valence-corrected chi connectivity index (χ0v) is 16.1. The SMILES string of the molecule is O[C@@H]1O[C@H](c2c(Cl)c(Cl)c(Cl)c(Cl)c2Cl)c2cccc3cccc1c23. The Morgan fingerprint density at radius 3 is 1.84 bits per heavy atom. The smallest absolute Gasteiger partial charge is 0.182 e. The summed E-state index contributed by atoms with van der Waals surface area (Å²) in [6, 6.07) is 11.4. The highest BCUT2D eigenvalue weighted by atomic mass is 35.5. The van der Waals surface area contributed by atoms with Gasteiger partial charge < -0.3 is 9.84 Å². The molecule has 0 spiro atoms. The van der Waals surface area contributed by atoms with Gasteiger partial charge >= 0.3 is 0 Å². The third-order valence-corrected chi connectivity index (χ3v) is 6.59. The van der Waals surface area contributed by atoms with Crippen LogP contribution in [0.3, 0.4) is 0 Å². The van der Waals surface area contributed by atoms with E-state index in [1.54, 1.807) is 0 Å². The molecule has 4 rings (SSSR count). The third-order valence-electron chi connectivity index (χ3n) is 4.29. The van der Waals surface area contributed by atoms with Crippen molar-refractivity contribution in [2.45, 2.75) is 12.4 Å². The van der Waals surface area contributed by atoms with Crippen molar-refractivity contribution in [3.8, 4) is 0 Å². The minimum atomic E-state index is -1.14. The van der Waals surface area contributed by atoms with Gasteiger partial charge in [-0.1, -0.05) is 94.4 Å². The van der Waals surface area contributed by atoms with E-state index in [2.05, 4.69) is 0 Å². The lowest BCUT2D eigenvalue weighted by Crippen LogP contribution is -2.18. The molecule has 1 heterocycles. The van der Waals surface area contributed by atoms with Crippen LogP contribution >= 0.6 is 58.0 Å². The standard InChI is InChI=1S/C18H9Cl5O2/c19-12-11(13(20)15(22)16(23)14(12)21)17-8-5-1-3-7-4-2-6-9(10(7)8)18(24)25-17/h1-6,17-18,24H/t17-,18+/m0/s1. The summed E-state index contributed by atoms with van der Waals surface area (Å²) in [4.78, 5) is 0. The van der Waals surface area contributed by atoms with Crippen LogP contribution in [0, 0.1) is 0 Å². The van der Waals surface area contributed by atoms with Crippen LogP contribution in [0.15, 0.2) is 36.4 Å². The van der Waals surface area contributed by atoms with Crippen LogP contribution in [0.4, 0.5) is 0 Å². The Hall–Kier alpha value is -0.710. The highest BCUT2D eigenvalue weighted by molar-refractivity contribution is 6.55. The van der Waals surface area contributed by atoms with E-state index < -0.39 is 12.4 Å². The molecule has 0 amide bonds. The normalized spacial score (nSPS) is 19.4. The van der Waals surface area contributed by atoms with E-state index in [0.717, 1.165) is 16.3 Å². The molecule has 7 heteroatoms. The molecule has 3 aromatic carbocycles. The van der Waals surface area contributed by atoms with Gasteiger partial charge in [0.1, 0.15) is 6.10 Å². The van der Waals surface area contributed by atoms with Crippen LogP contribution in [0.1, 0.15) is 29.1 Å². The van der Waals surface area contributed by atoms with Gasteiger partial charge in [-0.25, -0.2) is 0 Å². The number of hydrogen-bond donors (Lipinski definition) is 1. The molecule has 0 bridgehead atoms. The summed E-state index contributed by atoms with van der Waals surface area (Å²) in [5, 5.41) is 12.9. The second kappa shape index (κ2) is 6.47. The zero-order valence-electron chi connectivity index (χ0n) is 12.4. The fourth-order valence-electron chi connectivity index (χ4n) is 3.18. The Morgan fingerprint density at radius 1 is 0.720 bits per heavy atom. The maximum atomic E-state index is 10.5. The summed E-state index contributed by atoms with van der Waals surface area (Å²) in [7, 11) is 0. The van der Waals surface area contributed by atoms with Gasteiger partial charge in [0.25, 0.3) is 0 Å². The molecule has 1 aliphatic rings. The summed E-state index contributed by atoms with van der Waals surface area (Å²) in [5.74, 6) is 0. The van der Waals surface area contributed by atoms with E-state index in [-0.39, 0.29) is 25.1 Å². The number of hydrogen-bond acceptors (Lipinski definition) is 2. The Bertz CT molecular complexity index is 984. The first kappa shape index (κ1) is 17.7. The number of ether oxygens (including phenoxy) is 1. The molecule has 0 aromatic heterocycles. The summed E-state index contributed by atoms with van der Waals surface area (Å²) in [6.07, 6.45) is -1.87. The van der Waals surface area contributed by atoms with Gasteiger partial charge in [0.15, 0.2) is 6.29 Å². The first-order valence-electron chi connectivity index (χ1n) is 7.28. The van der Waals surface area contributed by atoms with E-state index in [9.17, 15) is 5.11 Å². The van der Waals surface area contributed by atoms with Gasteiger partial charge in [-0.3, -0.25) is 0 Å². The topological polar surface area (TPSA) is 29.5 Å². The van der Waals surface area contributed by atoms with Crippen molar-refractivity contribution < 1.29 is 9.84 Å². The van der Waals surface area contributed by atoms with Crippen molar-refractivity contribution >= 4 is 68.8 Å². The van der Waals surface area contributed by atoms with Crippen molar-refractivity contribution in [3.05, 3.63) is 78.2 Å². The molecule has 0 radical (unpaired) electrons. The van der Waals surface area contributed by atoms with Gasteiger partial charge in [0.2, 0.25) is 0 Å². The van der Waals surface area contributed by atoms with E-state index in [4.69, 9.17) is 62.7 Å².